The molecule has 0 bridgehead atoms. The molecule has 5 heteroatoms. The summed E-state index contributed by atoms with van der Waals surface area (Å²) in [6.45, 7) is 2.92. The lowest BCUT2D eigenvalue weighted by Crippen LogP contribution is -2.25. The fourth-order valence-electron chi connectivity index (χ4n) is 3.51. The van der Waals surface area contributed by atoms with Crippen LogP contribution in [-0.4, -0.2) is 9.55 Å². The zero-order chi connectivity index (χ0) is 15.8. The molecule has 0 unspecified atom stereocenters. The van der Waals surface area contributed by atoms with E-state index in [4.69, 9.17) is 0 Å². The van der Waals surface area contributed by atoms with Crippen LogP contribution in [0.1, 0.15) is 37.0 Å². The minimum atomic E-state index is 0.128. The quantitative estimate of drug-likeness (QED) is 0.664. The van der Waals surface area contributed by atoms with Crippen LogP contribution in [0.15, 0.2) is 28.6 Å². The molecule has 1 fully saturated rings. The van der Waals surface area contributed by atoms with Crippen LogP contribution in [0.3, 0.4) is 0 Å². The van der Waals surface area contributed by atoms with Gasteiger partial charge in [0, 0.05) is 27.2 Å². The second-order valence-corrected chi connectivity index (χ2v) is 8.59. The van der Waals surface area contributed by atoms with Gasteiger partial charge in [-0.05, 0) is 37.8 Å². The average Bonchev–Trinajstić information content (AvgIpc) is 3.17. The van der Waals surface area contributed by atoms with Crippen LogP contribution in [-0.2, 0) is 6.54 Å². The predicted molar refractivity (Wildman–Crippen MR) is 98.5 cm³/mol. The van der Waals surface area contributed by atoms with Gasteiger partial charge in [-0.25, -0.2) is 4.98 Å². The average molecular weight is 345 g/mol. The molecule has 1 aliphatic carbocycles. The molecule has 0 saturated heterocycles. The summed E-state index contributed by atoms with van der Waals surface area (Å²) < 4.78 is 1.84. The molecule has 0 aliphatic heterocycles. The summed E-state index contributed by atoms with van der Waals surface area (Å²) in [6.07, 6.45) is 8.17. The van der Waals surface area contributed by atoms with E-state index >= 15 is 0 Å². The minimum absolute atomic E-state index is 0.128. The summed E-state index contributed by atoms with van der Waals surface area (Å²) in [5.74, 6) is 0.631. The number of rotatable bonds is 3. The first kappa shape index (κ1) is 15.1. The highest BCUT2D eigenvalue weighted by Gasteiger charge is 2.18. The molecule has 0 amide bonds. The third kappa shape index (κ3) is 2.88. The fourth-order valence-corrected chi connectivity index (χ4v) is 5.37. The third-order valence-corrected chi connectivity index (χ3v) is 6.67. The van der Waals surface area contributed by atoms with Gasteiger partial charge in [0.05, 0.1) is 11.7 Å². The van der Waals surface area contributed by atoms with Gasteiger partial charge in [0.15, 0.2) is 0 Å². The van der Waals surface area contributed by atoms with E-state index in [-0.39, 0.29) is 5.56 Å². The van der Waals surface area contributed by atoms with Gasteiger partial charge in [0.2, 0.25) is 0 Å². The lowest BCUT2D eigenvalue weighted by molar-refractivity contribution is 0.315. The van der Waals surface area contributed by atoms with Gasteiger partial charge in [-0.3, -0.25) is 9.36 Å². The Morgan fingerprint density at radius 2 is 2.09 bits per heavy atom. The van der Waals surface area contributed by atoms with E-state index in [9.17, 15) is 4.79 Å². The maximum atomic E-state index is 13.0. The van der Waals surface area contributed by atoms with Crippen LogP contribution >= 0.6 is 22.7 Å². The van der Waals surface area contributed by atoms with Gasteiger partial charge >= 0.3 is 0 Å². The van der Waals surface area contributed by atoms with Crippen molar-refractivity contribution in [1.82, 2.24) is 9.55 Å². The van der Waals surface area contributed by atoms with Crippen molar-refractivity contribution in [3.63, 3.8) is 0 Å². The van der Waals surface area contributed by atoms with E-state index < -0.39 is 0 Å². The first-order valence-corrected chi connectivity index (χ1v) is 9.95. The van der Waals surface area contributed by atoms with E-state index in [1.807, 2.05) is 4.57 Å². The molecule has 0 aromatic carbocycles. The van der Waals surface area contributed by atoms with E-state index in [2.05, 4.69) is 29.4 Å². The number of hydrogen-bond donors (Lipinski definition) is 0. The Hall–Kier alpha value is -1.46. The molecule has 0 atom stereocenters. The highest BCUT2D eigenvalue weighted by molar-refractivity contribution is 7.19. The monoisotopic (exact) mass is 344 g/mol. The van der Waals surface area contributed by atoms with Crippen LogP contribution in [0.5, 0.6) is 0 Å². The van der Waals surface area contributed by atoms with E-state index in [1.165, 1.54) is 41.9 Å². The van der Waals surface area contributed by atoms with E-state index in [0.29, 0.717) is 5.92 Å². The standard InChI is InChI=1S/C18H20N2OS2/c1-12-7-8-15(23-12)14-10-22-17-16(14)18(21)20(11-19-17)9-13-5-3-2-4-6-13/h7-8,10-11,13H,2-6,9H2,1H3. The Labute approximate surface area is 143 Å². The molecule has 3 heterocycles. The first-order valence-electron chi connectivity index (χ1n) is 8.26. The lowest BCUT2D eigenvalue weighted by Gasteiger charge is -2.22. The first-order chi connectivity index (χ1) is 11.2. The molecule has 23 heavy (non-hydrogen) atoms. The predicted octanol–water partition coefficient (Wildman–Crippen LogP) is 5.08. The molecule has 1 saturated carbocycles. The third-order valence-electron chi connectivity index (χ3n) is 4.75. The van der Waals surface area contributed by atoms with Crippen LogP contribution in [0.4, 0.5) is 0 Å². The second-order valence-electron chi connectivity index (χ2n) is 6.45. The van der Waals surface area contributed by atoms with Crippen molar-refractivity contribution in [1.29, 1.82) is 0 Å². The lowest BCUT2D eigenvalue weighted by atomic mass is 9.89. The summed E-state index contributed by atoms with van der Waals surface area (Å²) in [5.41, 5.74) is 1.18. The smallest absolute Gasteiger partial charge is 0.262 e. The molecular formula is C18H20N2OS2. The van der Waals surface area contributed by atoms with Crippen molar-refractivity contribution in [2.24, 2.45) is 5.92 Å². The number of aryl methyl sites for hydroxylation is 1. The number of fused-ring (bicyclic) bond motifs is 1. The van der Waals surface area contributed by atoms with Gasteiger partial charge in [0.1, 0.15) is 4.83 Å². The Bertz CT molecular complexity index is 884. The van der Waals surface area contributed by atoms with E-state index in [1.54, 1.807) is 29.0 Å². The van der Waals surface area contributed by atoms with E-state index in [0.717, 1.165) is 22.3 Å². The molecule has 0 radical (unpaired) electrons. The van der Waals surface area contributed by atoms with Crippen molar-refractivity contribution in [3.8, 4) is 10.4 Å². The van der Waals surface area contributed by atoms with Crippen molar-refractivity contribution in [2.45, 2.75) is 45.6 Å². The highest BCUT2D eigenvalue weighted by atomic mass is 32.1. The molecule has 3 nitrogen and oxygen atoms in total. The van der Waals surface area contributed by atoms with Gasteiger partial charge < -0.3 is 0 Å². The van der Waals surface area contributed by atoms with Gasteiger partial charge in [-0.15, -0.1) is 22.7 Å². The largest absolute Gasteiger partial charge is 0.298 e. The Morgan fingerprint density at radius 1 is 1.26 bits per heavy atom. The van der Waals surface area contributed by atoms with Crippen molar-refractivity contribution < 1.29 is 0 Å². The van der Waals surface area contributed by atoms with Crippen LogP contribution in [0, 0.1) is 12.8 Å². The Kier molecular flexibility index (Phi) is 4.07. The van der Waals surface area contributed by atoms with Gasteiger partial charge in [-0.1, -0.05) is 19.3 Å². The fraction of sp³-hybridized carbons (Fsp3) is 0.444. The molecule has 120 valence electrons. The Morgan fingerprint density at radius 3 is 2.83 bits per heavy atom. The van der Waals surface area contributed by atoms with Crippen molar-refractivity contribution in [3.05, 3.63) is 39.1 Å². The van der Waals surface area contributed by atoms with Crippen LogP contribution in [0.2, 0.25) is 0 Å². The molecular weight excluding hydrogens is 324 g/mol. The molecule has 4 rings (SSSR count). The number of nitrogens with zero attached hydrogens (tertiary/aromatic N) is 2. The van der Waals surface area contributed by atoms with Gasteiger partial charge in [0.25, 0.3) is 5.56 Å². The van der Waals surface area contributed by atoms with Crippen LogP contribution in [0.25, 0.3) is 20.7 Å². The van der Waals surface area contributed by atoms with Crippen LogP contribution < -0.4 is 5.56 Å². The number of thiophene rings is 2. The molecule has 3 aromatic heterocycles. The SMILES string of the molecule is Cc1ccc(-c2csc3ncn(CC4CCCCC4)c(=O)c23)s1. The summed E-state index contributed by atoms with van der Waals surface area (Å²) >= 11 is 3.31. The highest BCUT2D eigenvalue weighted by Crippen LogP contribution is 2.35. The topological polar surface area (TPSA) is 34.9 Å². The number of aromatic nitrogens is 2. The molecule has 0 spiro atoms. The Balaban J connectivity index is 1.76. The van der Waals surface area contributed by atoms with Crippen molar-refractivity contribution >= 4 is 32.9 Å². The summed E-state index contributed by atoms with van der Waals surface area (Å²) in [5, 5.41) is 2.88. The minimum Gasteiger partial charge on any atom is -0.298 e. The normalized spacial score (nSPS) is 16.2. The van der Waals surface area contributed by atoms with Crippen molar-refractivity contribution in [2.75, 3.05) is 0 Å². The molecule has 1 aliphatic rings. The zero-order valence-electron chi connectivity index (χ0n) is 13.2. The summed E-state index contributed by atoms with van der Waals surface area (Å²) in [6, 6.07) is 4.22. The maximum absolute atomic E-state index is 13.0. The van der Waals surface area contributed by atoms with Gasteiger partial charge in [-0.2, -0.15) is 0 Å². The maximum Gasteiger partial charge on any atom is 0.262 e. The summed E-state index contributed by atoms with van der Waals surface area (Å²) in [4.78, 5) is 20.8. The number of hydrogen-bond acceptors (Lipinski definition) is 4. The second kappa shape index (κ2) is 6.21. The molecule has 3 aromatic rings. The summed E-state index contributed by atoms with van der Waals surface area (Å²) in [7, 11) is 0. The zero-order valence-corrected chi connectivity index (χ0v) is 14.9. The molecule has 0 N–H and O–H groups in total.